The van der Waals surface area contributed by atoms with E-state index in [1.807, 2.05) is 13.0 Å². The van der Waals surface area contributed by atoms with Crippen molar-refractivity contribution in [2.45, 2.75) is 20.4 Å². The van der Waals surface area contributed by atoms with Crippen LogP contribution in [0.3, 0.4) is 0 Å². The number of nitrogens with zero attached hydrogens (tertiary/aromatic N) is 3. The number of benzene rings is 1. The second kappa shape index (κ2) is 6.34. The Balaban J connectivity index is 1.86. The minimum atomic E-state index is -0.284. The minimum absolute atomic E-state index is 0.284. The lowest BCUT2D eigenvalue weighted by atomic mass is 10.1. The molecule has 7 heteroatoms. The SMILES string of the molecule is Cc1c(F)cc(Cl)c2c1cc(C)n2CCNc1cc(Cl)ncn1. The average Bonchev–Trinajstić information content (AvgIpc) is 2.83. The number of hydrogen-bond donors (Lipinski definition) is 1. The van der Waals surface area contributed by atoms with Crippen LogP contribution >= 0.6 is 23.2 Å². The summed E-state index contributed by atoms with van der Waals surface area (Å²) in [5.41, 5.74) is 2.49. The van der Waals surface area contributed by atoms with Crippen LogP contribution in [-0.2, 0) is 6.54 Å². The molecule has 0 bridgehead atoms. The quantitative estimate of drug-likeness (QED) is 0.697. The number of anilines is 1. The second-order valence-electron chi connectivity index (χ2n) is 5.32. The molecule has 0 fully saturated rings. The lowest BCUT2D eigenvalue weighted by molar-refractivity contribution is 0.620. The van der Waals surface area contributed by atoms with E-state index in [9.17, 15) is 4.39 Å². The van der Waals surface area contributed by atoms with E-state index in [1.165, 1.54) is 12.4 Å². The van der Waals surface area contributed by atoms with Crippen molar-refractivity contribution in [3.05, 3.63) is 51.8 Å². The fourth-order valence-electron chi connectivity index (χ4n) is 2.65. The molecule has 0 radical (unpaired) electrons. The van der Waals surface area contributed by atoms with Gasteiger partial charge in [0.2, 0.25) is 0 Å². The number of halogens is 3. The van der Waals surface area contributed by atoms with Gasteiger partial charge in [0.15, 0.2) is 0 Å². The first kappa shape index (κ1) is 16.0. The molecule has 0 spiro atoms. The minimum Gasteiger partial charge on any atom is -0.368 e. The lowest BCUT2D eigenvalue weighted by Gasteiger charge is -2.11. The average molecular weight is 353 g/mol. The fourth-order valence-corrected chi connectivity index (χ4v) is 3.10. The molecule has 3 aromatic rings. The predicted molar refractivity (Wildman–Crippen MR) is 91.9 cm³/mol. The lowest BCUT2D eigenvalue weighted by Crippen LogP contribution is -2.12. The highest BCUT2D eigenvalue weighted by atomic mass is 35.5. The molecule has 1 N–H and O–H groups in total. The first-order valence-corrected chi connectivity index (χ1v) is 7.89. The molecule has 120 valence electrons. The highest BCUT2D eigenvalue weighted by molar-refractivity contribution is 6.35. The molecule has 3 rings (SSSR count). The second-order valence-corrected chi connectivity index (χ2v) is 6.11. The summed E-state index contributed by atoms with van der Waals surface area (Å²) in [6.45, 7) is 5.04. The fraction of sp³-hybridized carbons (Fsp3) is 0.250. The third-order valence-electron chi connectivity index (χ3n) is 3.82. The zero-order valence-corrected chi connectivity index (χ0v) is 14.2. The summed E-state index contributed by atoms with van der Waals surface area (Å²) in [5.74, 6) is 0.376. The van der Waals surface area contributed by atoms with Crippen molar-refractivity contribution in [3.63, 3.8) is 0 Å². The molecule has 0 amide bonds. The zero-order valence-electron chi connectivity index (χ0n) is 12.7. The topological polar surface area (TPSA) is 42.7 Å². The number of aryl methyl sites for hydroxylation is 2. The largest absolute Gasteiger partial charge is 0.368 e. The van der Waals surface area contributed by atoms with Crippen molar-refractivity contribution in [1.29, 1.82) is 0 Å². The molecular formula is C16H15Cl2FN4. The van der Waals surface area contributed by atoms with Gasteiger partial charge in [0.05, 0.1) is 10.5 Å². The molecule has 0 saturated carbocycles. The van der Waals surface area contributed by atoms with E-state index >= 15 is 0 Å². The van der Waals surface area contributed by atoms with E-state index in [0.717, 1.165) is 16.6 Å². The van der Waals surface area contributed by atoms with Crippen molar-refractivity contribution in [1.82, 2.24) is 14.5 Å². The van der Waals surface area contributed by atoms with Gasteiger partial charge in [-0.05, 0) is 31.5 Å². The standard InChI is InChI=1S/C16H15Cl2FN4/c1-9-5-11-10(2)13(19)6-12(17)16(11)23(9)4-3-20-15-7-14(18)21-8-22-15/h5-8H,3-4H2,1-2H3,(H,20,21,22). The van der Waals surface area contributed by atoms with Gasteiger partial charge in [-0.15, -0.1) is 0 Å². The zero-order chi connectivity index (χ0) is 16.6. The molecule has 1 aromatic carbocycles. The van der Waals surface area contributed by atoms with Crippen LogP contribution in [0.25, 0.3) is 10.9 Å². The van der Waals surface area contributed by atoms with Gasteiger partial charge in [0, 0.05) is 30.2 Å². The first-order valence-electron chi connectivity index (χ1n) is 7.13. The molecule has 0 aliphatic heterocycles. The molecule has 2 aromatic heterocycles. The van der Waals surface area contributed by atoms with Crippen LogP contribution in [0, 0.1) is 19.7 Å². The number of fused-ring (bicyclic) bond motifs is 1. The van der Waals surface area contributed by atoms with Gasteiger partial charge >= 0.3 is 0 Å². The first-order chi connectivity index (χ1) is 11.0. The van der Waals surface area contributed by atoms with Crippen LogP contribution in [0.15, 0.2) is 24.5 Å². The molecule has 0 aliphatic carbocycles. The molecule has 23 heavy (non-hydrogen) atoms. The molecule has 0 unspecified atom stereocenters. The third-order valence-corrected chi connectivity index (χ3v) is 4.32. The van der Waals surface area contributed by atoms with Crippen molar-refractivity contribution in [2.24, 2.45) is 0 Å². The summed E-state index contributed by atoms with van der Waals surface area (Å²) in [5, 5.41) is 4.84. The Bertz CT molecular complexity index is 876. The van der Waals surface area contributed by atoms with Crippen LogP contribution in [0.5, 0.6) is 0 Å². The summed E-state index contributed by atoms with van der Waals surface area (Å²) in [6, 6.07) is 4.99. The number of hydrogen-bond acceptors (Lipinski definition) is 3. The summed E-state index contributed by atoms with van der Waals surface area (Å²) >= 11 is 12.1. The summed E-state index contributed by atoms with van der Waals surface area (Å²) in [4.78, 5) is 7.93. The summed E-state index contributed by atoms with van der Waals surface area (Å²) < 4.78 is 15.9. The summed E-state index contributed by atoms with van der Waals surface area (Å²) in [6.07, 6.45) is 1.41. The molecule has 0 atom stereocenters. The third kappa shape index (κ3) is 3.12. The maximum Gasteiger partial charge on any atom is 0.134 e. The van der Waals surface area contributed by atoms with Crippen molar-refractivity contribution >= 4 is 39.9 Å². The Hall–Kier alpha value is -1.85. The Kier molecular flexibility index (Phi) is 4.41. The van der Waals surface area contributed by atoms with Crippen molar-refractivity contribution in [3.8, 4) is 0 Å². The Morgan fingerprint density at radius 1 is 1.17 bits per heavy atom. The maximum absolute atomic E-state index is 13.8. The molecule has 0 saturated heterocycles. The highest BCUT2D eigenvalue weighted by Crippen LogP contribution is 2.31. The molecule has 0 aliphatic rings. The van der Waals surface area contributed by atoms with Gasteiger partial charge in [-0.25, -0.2) is 14.4 Å². The van der Waals surface area contributed by atoms with E-state index in [0.29, 0.717) is 34.6 Å². The predicted octanol–water partition coefficient (Wildman–Crippen LogP) is 4.61. The van der Waals surface area contributed by atoms with E-state index in [1.54, 1.807) is 13.0 Å². The Morgan fingerprint density at radius 3 is 2.70 bits per heavy atom. The number of rotatable bonds is 4. The van der Waals surface area contributed by atoms with Crippen molar-refractivity contribution in [2.75, 3.05) is 11.9 Å². The number of nitrogens with one attached hydrogen (secondary N) is 1. The van der Waals surface area contributed by atoms with Gasteiger partial charge in [0.1, 0.15) is 23.1 Å². The van der Waals surface area contributed by atoms with Crippen molar-refractivity contribution < 1.29 is 4.39 Å². The smallest absolute Gasteiger partial charge is 0.134 e. The van der Waals surface area contributed by atoms with Crippen LogP contribution < -0.4 is 5.32 Å². The van der Waals surface area contributed by atoms with E-state index < -0.39 is 0 Å². The molecular weight excluding hydrogens is 338 g/mol. The Labute approximate surface area is 143 Å². The number of aromatic nitrogens is 3. The highest BCUT2D eigenvalue weighted by Gasteiger charge is 2.14. The van der Waals surface area contributed by atoms with E-state index in [2.05, 4.69) is 19.9 Å². The van der Waals surface area contributed by atoms with E-state index in [4.69, 9.17) is 23.2 Å². The van der Waals surface area contributed by atoms with Crippen LogP contribution in [-0.4, -0.2) is 21.1 Å². The van der Waals surface area contributed by atoms with Crippen LogP contribution in [0.4, 0.5) is 10.2 Å². The maximum atomic E-state index is 13.8. The van der Waals surface area contributed by atoms with Crippen LogP contribution in [0.1, 0.15) is 11.3 Å². The molecule has 4 nitrogen and oxygen atoms in total. The summed E-state index contributed by atoms with van der Waals surface area (Å²) in [7, 11) is 0. The van der Waals surface area contributed by atoms with Gasteiger partial charge in [-0.2, -0.15) is 0 Å². The monoisotopic (exact) mass is 352 g/mol. The van der Waals surface area contributed by atoms with Gasteiger partial charge < -0.3 is 9.88 Å². The van der Waals surface area contributed by atoms with Gasteiger partial charge in [-0.3, -0.25) is 0 Å². The van der Waals surface area contributed by atoms with Crippen LogP contribution in [0.2, 0.25) is 10.2 Å². The Morgan fingerprint density at radius 2 is 1.96 bits per heavy atom. The van der Waals surface area contributed by atoms with E-state index in [-0.39, 0.29) is 5.82 Å². The van der Waals surface area contributed by atoms with Gasteiger partial charge in [-0.1, -0.05) is 23.2 Å². The normalized spacial score (nSPS) is 11.2. The molecule has 2 heterocycles. The van der Waals surface area contributed by atoms with Gasteiger partial charge in [0.25, 0.3) is 0 Å².